The van der Waals surface area contributed by atoms with E-state index in [1.807, 2.05) is 0 Å². The largest absolute Gasteiger partial charge is 0.421 e. The molecule has 2 fully saturated rings. The lowest BCUT2D eigenvalue weighted by atomic mass is 9.84. The quantitative estimate of drug-likeness (QED) is 0.371. The first-order valence-electron chi connectivity index (χ1n) is 4.43. The van der Waals surface area contributed by atoms with Gasteiger partial charge in [-0.05, 0) is 0 Å². The summed E-state index contributed by atoms with van der Waals surface area (Å²) in [5.74, 6) is -11.0. The zero-order valence-electron chi connectivity index (χ0n) is 8.18. The topological polar surface area (TPSA) is 52.6 Å². The molecule has 1 spiro atoms. The van der Waals surface area contributed by atoms with Crippen molar-refractivity contribution in [2.45, 2.75) is 30.7 Å². The average molecular weight is 260 g/mol. The minimum absolute atomic E-state index is 0.493. The minimum Gasteiger partial charge on any atom is -0.389 e. The number of halogens is 5. The number of ether oxygens (including phenoxy) is 2. The Balaban J connectivity index is 2.55. The molecular formula is C8H5F5O4. The van der Waals surface area contributed by atoms with Crippen molar-refractivity contribution in [3.8, 4) is 0 Å². The number of rotatable bonds is 0. The van der Waals surface area contributed by atoms with Crippen LogP contribution in [0.5, 0.6) is 0 Å². The Morgan fingerprint density at radius 1 is 1.18 bits per heavy atom. The number of alkyl halides is 5. The average Bonchev–Trinajstić information content (AvgIpc) is 2.48. The molecule has 2 aliphatic heterocycles. The van der Waals surface area contributed by atoms with E-state index in [-0.39, 0.29) is 0 Å². The lowest BCUT2D eigenvalue weighted by Gasteiger charge is -2.23. The van der Waals surface area contributed by atoms with Gasteiger partial charge >= 0.3 is 24.0 Å². The third-order valence-electron chi connectivity index (χ3n) is 2.97. The summed E-state index contributed by atoms with van der Waals surface area (Å²) in [6.07, 6.45) is -8.04. The fourth-order valence-electron chi connectivity index (χ4n) is 1.88. The second-order valence-electron chi connectivity index (χ2n) is 3.83. The maximum absolute atomic E-state index is 13.4. The second kappa shape index (κ2) is 2.95. The van der Waals surface area contributed by atoms with Crippen LogP contribution in [-0.4, -0.2) is 35.7 Å². The maximum atomic E-state index is 13.4. The number of esters is 2. The van der Waals surface area contributed by atoms with Crippen LogP contribution in [0, 0.1) is 5.92 Å². The molecule has 4 nitrogen and oxygen atoms in total. The molecular weight excluding hydrogens is 255 g/mol. The Labute approximate surface area is 90.7 Å². The summed E-state index contributed by atoms with van der Waals surface area (Å²) in [6.45, 7) is 0.493. The van der Waals surface area contributed by atoms with E-state index in [1.54, 1.807) is 0 Å². The van der Waals surface area contributed by atoms with Crippen molar-refractivity contribution < 1.29 is 41.0 Å². The fraction of sp³-hybridized carbons (Fsp3) is 0.750. The predicted octanol–water partition coefficient (Wildman–Crippen LogP) is 1.04. The molecule has 1 unspecified atom stereocenters. The van der Waals surface area contributed by atoms with E-state index in [0.29, 0.717) is 6.92 Å². The molecule has 0 aromatic rings. The molecule has 2 rings (SSSR count). The minimum atomic E-state index is -5.04. The summed E-state index contributed by atoms with van der Waals surface area (Å²) >= 11 is 0. The summed E-state index contributed by atoms with van der Waals surface area (Å²) in [5.41, 5.74) is -3.27. The molecule has 17 heavy (non-hydrogen) atoms. The number of carbonyl (C=O) groups excluding carboxylic acids is 2. The maximum Gasteiger partial charge on any atom is 0.421 e. The summed E-state index contributed by atoms with van der Waals surface area (Å²) in [6, 6.07) is 0. The molecule has 0 amide bonds. The van der Waals surface area contributed by atoms with E-state index in [2.05, 4.69) is 9.47 Å². The highest BCUT2D eigenvalue weighted by molar-refractivity contribution is 6.03. The number of hydrogen-bond acceptors (Lipinski definition) is 4. The Morgan fingerprint density at radius 2 is 1.71 bits per heavy atom. The van der Waals surface area contributed by atoms with Crippen molar-refractivity contribution in [2.24, 2.45) is 5.92 Å². The van der Waals surface area contributed by atoms with Gasteiger partial charge in [-0.1, -0.05) is 6.92 Å². The van der Waals surface area contributed by atoms with Crippen LogP contribution in [0.2, 0.25) is 0 Å². The number of hydrogen-bond donors (Lipinski definition) is 0. The third-order valence-corrected chi connectivity index (χ3v) is 2.97. The van der Waals surface area contributed by atoms with Crippen LogP contribution in [0.4, 0.5) is 22.0 Å². The van der Waals surface area contributed by atoms with Gasteiger partial charge in [-0.15, -0.1) is 0 Å². The van der Waals surface area contributed by atoms with Gasteiger partial charge in [0.2, 0.25) is 11.8 Å². The van der Waals surface area contributed by atoms with Gasteiger partial charge in [0.15, 0.2) is 0 Å². The smallest absolute Gasteiger partial charge is 0.389 e. The number of cyclic esters (lactones) is 2. The van der Waals surface area contributed by atoms with Crippen molar-refractivity contribution in [1.82, 2.24) is 0 Å². The third kappa shape index (κ3) is 1.15. The van der Waals surface area contributed by atoms with Crippen molar-refractivity contribution in [1.29, 1.82) is 0 Å². The monoisotopic (exact) mass is 260 g/mol. The van der Waals surface area contributed by atoms with Crippen molar-refractivity contribution in [3.05, 3.63) is 0 Å². The van der Waals surface area contributed by atoms with E-state index in [1.165, 1.54) is 0 Å². The lowest BCUT2D eigenvalue weighted by Crippen LogP contribution is -2.49. The van der Waals surface area contributed by atoms with Gasteiger partial charge in [0.1, 0.15) is 0 Å². The highest BCUT2D eigenvalue weighted by atomic mass is 19.3. The molecule has 0 aromatic carbocycles. The van der Waals surface area contributed by atoms with Crippen LogP contribution in [0.25, 0.3) is 0 Å². The molecule has 0 bridgehead atoms. The van der Waals surface area contributed by atoms with E-state index in [4.69, 9.17) is 0 Å². The number of carbonyl (C=O) groups is 2. The van der Waals surface area contributed by atoms with Gasteiger partial charge in [-0.25, -0.2) is 14.0 Å². The van der Waals surface area contributed by atoms with E-state index in [0.717, 1.165) is 0 Å². The van der Waals surface area contributed by atoms with Gasteiger partial charge in [0.05, 0.1) is 5.92 Å². The van der Waals surface area contributed by atoms with Crippen molar-refractivity contribution >= 4 is 11.9 Å². The van der Waals surface area contributed by atoms with Gasteiger partial charge in [-0.2, -0.15) is 17.6 Å². The molecule has 0 N–H and O–H groups in total. The molecule has 0 radical (unpaired) electrons. The Kier molecular flexibility index (Phi) is 2.12. The normalized spacial score (nSPS) is 43.2. The molecule has 96 valence electrons. The molecule has 2 aliphatic rings. The fourth-order valence-corrected chi connectivity index (χ4v) is 1.88. The second-order valence-corrected chi connectivity index (χ2v) is 3.83. The molecule has 3 atom stereocenters. The van der Waals surface area contributed by atoms with Gasteiger partial charge < -0.3 is 4.74 Å². The van der Waals surface area contributed by atoms with Gasteiger partial charge in [-0.3, -0.25) is 4.74 Å². The highest BCUT2D eigenvalue weighted by Gasteiger charge is 2.83. The Morgan fingerprint density at radius 3 is 2.00 bits per heavy atom. The summed E-state index contributed by atoms with van der Waals surface area (Å²) in [7, 11) is 0. The Bertz CT molecular complexity index is 409. The van der Waals surface area contributed by atoms with Crippen LogP contribution >= 0.6 is 0 Å². The van der Waals surface area contributed by atoms with Gasteiger partial charge in [0, 0.05) is 0 Å². The van der Waals surface area contributed by atoms with Crippen LogP contribution in [0.1, 0.15) is 6.92 Å². The zero-order chi connectivity index (χ0) is 13.2. The lowest BCUT2D eigenvalue weighted by molar-refractivity contribution is -0.321. The van der Waals surface area contributed by atoms with Crippen LogP contribution in [-0.2, 0) is 19.1 Å². The van der Waals surface area contributed by atoms with Gasteiger partial charge in [0.25, 0.3) is 0 Å². The van der Waals surface area contributed by atoms with Crippen LogP contribution in [0.15, 0.2) is 0 Å². The van der Waals surface area contributed by atoms with Crippen LogP contribution < -0.4 is 0 Å². The highest BCUT2D eigenvalue weighted by Crippen LogP contribution is 2.58. The van der Waals surface area contributed by atoms with E-state index >= 15 is 0 Å². The molecule has 2 heterocycles. The van der Waals surface area contributed by atoms with Crippen molar-refractivity contribution in [3.63, 3.8) is 0 Å². The van der Waals surface area contributed by atoms with Crippen molar-refractivity contribution in [2.75, 3.05) is 0 Å². The van der Waals surface area contributed by atoms with Crippen LogP contribution in [0.3, 0.4) is 0 Å². The molecule has 9 heteroatoms. The predicted molar refractivity (Wildman–Crippen MR) is 38.9 cm³/mol. The summed E-state index contributed by atoms with van der Waals surface area (Å²) < 4.78 is 72.7. The molecule has 0 aromatic heterocycles. The summed E-state index contributed by atoms with van der Waals surface area (Å²) in [4.78, 5) is 21.9. The SMILES string of the molecule is C[C@@H]1C2(OC(F)(F)C1(F)F)C(=O)OC(=O)[C@@H]2F. The molecule has 0 saturated carbocycles. The zero-order valence-corrected chi connectivity index (χ0v) is 8.18. The summed E-state index contributed by atoms with van der Waals surface area (Å²) in [5, 5.41) is 0. The Hall–Kier alpha value is -1.25. The van der Waals surface area contributed by atoms with E-state index < -0.39 is 41.7 Å². The molecule has 2 saturated heterocycles. The first-order chi connectivity index (χ1) is 7.57. The van der Waals surface area contributed by atoms with E-state index in [9.17, 15) is 31.5 Å². The molecule has 0 aliphatic carbocycles. The first-order valence-corrected chi connectivity index (χ1v) is 4.43. The standard InChI is InChI=1S/C8H5F5O4/c1-2-6(3(9)4(14)16-5(6)15)17-8(12,13)7(2,10)11/h2-3H,1H3/t2-,3+,6?/m1/s1. The first kappa shape index (κ1) is 12.2.